The number of hydrogen-bond donors (Lipinski definition) is 1. The summed E-state index contributed by atoms with van der Waals surface area (Å²) in [6.45, 7) is 6.45. The SMILES string of the molecule is Cc1noc(NC2CC(C)CC(C)C2)n1. The number of anilines is 1. The van der Waals surface area contributed by atoms with Crippen LogP contribution in [0.3, 0.4) is 0 Å². The van der Waals surface area contributed by atoms with E-state index in [-0.39, 0.29) is 0 Å². The molecule has 0 aromatic carbocycles. The fourth-order valence-corrected chi connectivity index (χ4v) is 2.60. The van der Waals surface area contributed by atoms with Crippen LogP contribution in [0.25, 0.3) is 0 Å². The van der Waals surface area contributed by atoms with Crippen molar-refractivity contribution in [2.45, 2.75) is 46.1 Å². The van der Waals surface area contributed by atoms with Crippen LogP contribution in [0.5, 0.6) is 0 Å². The van der Waals surface area contributed by atoms with Gasteiger partial charge in [0.2, 0.25) is 0 Å². The summed E-state index contributed by atoms with van der Waals surface area (Å²) in [6.07, 6.45) is 3.73. The molecule has 2 rings (SSSR count). The maximum Gasteiger partial charge on any atom is 0.321 e. The van der Waals surface area contributed by atoms with E-state index < -0.39 is 0 Å². The van der Waals surface area contributed by atoms with Gasteiger partial charge in [0, 0.05) is 6.04 Å². The average molecular weight is 209 g/mol. The number of rotatable bonds is 2. The molecule has 1 aromatic heterocycles. The topological polar surface area (TPSA) is 51.0 Å². The Hall–Kier alpha value is -1.06. The second-order valence-corrected chi connectivity index (χ2v) is 4.91. The maximum absolute atomic E-state index is 5.07. The molecule has 1 N–H and O–H groups in total. The molecule has 4 nitrogen and oxygen atoms in total. The van der Waals surface area contributed by atoms with Crippen LogP contribution in [-0.4, -0.2) is 16.2 Å². The van der Waals surface area contributed by atoms with Gasteiger partial charge in [-0.1, -0.05) is 19.0 Å². The van der Waals surface area contributed by atoms with Crippen molar-refractivity contribution >= 4 is 6.01 Å². The molecular weight excluding hydrogens is 190 g/mol. The number of aromatic nitrogens is 2. The predicted octanol–water partition coefficient (Wildman–Crippen LogP) is 2.61. The van der Waals surface area contributed by atoms with Crippen molar-refractivity contribution in [1.82, 2.24) is 10.1 Å². The smallest absolute Gasteiger partial charge is 0.321 e. The zero-order valence-corrected chi connectivity index (χ0v) is 9.66. The highest BCUT2D eigenvalue weighted by atomic mass is 16.5. The monoisotopic (exact) mass is 209 g/mol. The Morgan fingerprint density at radius 1 is 1.20 bits per heavy atom. The lowest BCUT2D eigenvalue weighted by Crippen LogP contribution is -2.30. The average Bonchev–Trinajstić information content (AvgIpc) is 2.49. The maximum atomic E-state index is 5.07. The quantitative estimate of drug-likeness (QED) is 0.813. The third-order valence-corrected chi connectivity index (χ3v) is 3.03. The first-order chi connectivity index (χ1) is 7.13. The van der Waals surface area contributed by atoms with Crippen molar-refractivity contribution < 1.29 is 4.52 Å². The highest BCUT2D eigenvalue weighted by Gasteiger charge is 2.24. The van der Waals surface area contributed by atoms with E-state index in [2.05, 4.69) is 29.3 Å². The standard InChI is InChI=1S/C11H19N3O/c1-7-4-8(2)6-10(5-7)13-11-12-9(3)14-15-11/h7-8,10H,4-6H2,1-3H3,(H,12,13,14). The van der Waals surface area contributed by atoms with Crippen LogP contribution in [0.4, 0.5) is 6.01 Å². The van der Waals surface area contributed by atoms with Crippen LogP contribution in [0.15, 0.2) is 4.52 Å². The van der Waals surface area contributed by atoms with Gasteiger partial charge in [-0.3, -0.25) is 0 Å². The molecule has 1 aromatic rings. The van der Waals surface area contributed by atoms with E-state index in [9.17, 15) is 0 Å². The Kier molecular flexibility index (Phi) is 2.93. The lowest BCUT2D eigenvalue weighted by atomic mass is 9.80. The van der Waals surface area contributed by atoms with E-state index in [1.807, 2.05) is 6.92 Å². The van der Waals surface area contributed by atoms with E-state index in [4.69, 9.17) is 4.52 Å². The number of aryl methyl sites for hydroxylation is 1. The van der Waals surface area contributed by atoms with Crippen LogP contribution < -0.4 is 5.32 Å². The lowest BCUT2D eigenvalue weighted by Gasteiger charge is -2.31. The van der Waals surface area contributed by atoms with Gasteiger partial charge < -0.3 is 9.84 Å². The molecule has 4 heteroatoms. The van der Waals surface area contributed by atoms with Crippen LogP contribution in [0.2, 0.25) is 0 Å². The number of hydrogen-bond acceptors (Lipinski definition) is 4. The fraction of sp³-hybridized carbons (Fsp3) is 0.818. The summed E-state index contributed by atoms with van der Waals surface area (Å²) < 4.78 is 5.07. The molecule has 0 spiro atoms. The molecule has 1 saturated carbocycles. The van der Waals surface area contributed by atoms with Crippen molar-refractivity contribution in [2.75, 3.05) is 5.32 Å². The van der Waals surface area contributed by atoms with Gasteiger partial charge in [-0.25, -0.2) is 0 Å². The molecule has 0 saturated heterocycles. The van der Waals surface area contributed by atoms with E-state index in [1.165, 1.54) is 19.3 Å². The lowest BCUT2D eigenvalue weighted by molar-refractivity contribution is 0.276. The molecule has 15 heavy (non-hydrogen) atoms. The Bertz CT molecular complexity index is 313. The van der Waals surface area contributed by atoms with Gasteiger partial charge in [0.05, 0.1) is 0 Å². The van der Waals surface area contributed by atoms with E-state index in [0.29, 0.717) is 17.9 Å². The molecule has 1 aliphatic rings. The van der Waals surface area contributed by atoms with E-state index in [0.717, 1.165) is 11.8 Å². The first-order valence-electron chi connectivity index (χ1n) is 5.70. The zero-order valence-electron chi connectivity index (χ0n) is 9.66. The van der Waals surface area contributed by atoms with Gasteiger partial charge in [-0.05, 0) is 38.0 Å². The minimum atomic E-state index is 0.489. The van der Waals surface area contributed by atoms with Crippen molar-refractivity contribution in [3.63, 3.8) is 0 Å². The van der Waals surface area contributed by atoms with Gasteiger partial charge in [-0.15, -0.1) is 0 Å². The van der Waals surface area contributed by atoms with Gasteiger partial charge in [0.25, 0.3) is 0 Å². The van der Waals surface area contributed by atoms with E-state index in [1.54, 1.807) is 0 Å². The summed E-state index contributed by atoms with van der Waals surface area (Å²) >= 11 is 0. The zero-order chi connectivity index (χ0) is 10.8. The Balaban J connectivity index is 1.94. The fourth-order valence-electron chi connectivity index (χ4n) is 2.60. The minimum absolute atomic E-state index is 0.489. The molecule has 0 amide bonds. The minimum Gasteiger partial charge on any atom is -0.335 e. The molecule has 2 unspecified atom stereocenters. The van der Waals surface area contributed by atoms with Gasteiger partial charge in [0.1, 0.15) is 0 Å². The normalized spacial score (nSPS) is 31.5. The summed E-state index contributed by atoms with van der Waals surface area (Å²) in [7, 11) is 0. The molecule has 1 heterocycles. The Labute approximate surface area is 90.4 Å². The van der Waals surface area contributed by atoms with Crippen LogP contribution in [-0.2, 0) is 0 Å². The van der Waals surface area contributed by atoms with Crippen molar-refractivity contribution in [2.24, 2.45) is 11.8 Å². The second kappa shape index (κ2) is 4.21. The predicted molar refractivity (Wildman–Crippen MR) is 58.6 cm³/mol. The Morgan fingerprint density at radius 3 is 2.40 bits per heavy atom. The summed E-state index contributed by atoms with van der Waals surface area (Å²) in [4.78, 5) is 4.17. The molecule has 0 aliphatic heterocycles. The number of nitrogens with zero attached hydrogens (tertiary/aromatic N) is 2. The van der Waals surface area contributed by atoms with Crippen LogP contribution in [0, 0.1) is 18.8 Å². The summed E-state index contributed by atoms with van der Waals surface area (Å²) in [5, 5.41) is 7.09. The highest BCUT2D eigenvalue weighted by molar-refractivity contribution is 5.20. The van der Waals surface area contributed by atoms with Crippen LogP contribution in [0.1, 0.15) is 38.9 Å². The molecule has 1 fully saturated rings. The highest BCUT2D eigenvalue weighted by Crippen LogP contribution is 2.30. The molecule has 2 atom stereocenters. The molecular formula is C11H19N3O. The molecule has 84 valence electrons. The van der Waals surface area contributed by atoms with E-state index >= 15 is 0 Å². The summed E-state index contributed by atoms with van der Waals surface area (Å²) in [5.74, 6) is 2.26. The van der Waals surface area contributed by atoms with Crippen molar-refractivity contribution in [3.8, 4) is 0 Å². The van der Waals surface area contributed by atoms with Crippen molar-refractivity contribution in [1.29, 1.82) is 0 Å². The molecule has 1 aliphatic carbocycles. The first-order valence-corrected chi connectivity index (χ1v) is 5.70. The summed E-state index contributed by atoms with van der Waals surface area (Å²) in [5.41, 5.74) is 0. The second-order valence-electron chi connectivity index (χ2n) is 4.91. The van der Waals surface area contributed by atoms with Crippen LogP contribution >= 0.6 is 0 Å². The third kappa shape index (κ3) is 2.70. The van der Waals surface area contributed by atoms with Crippen molar-refractivity contribution in [3.05, 3.63) is 5.82 Å². The third-order valence-electron chi connectivity index (χ3n) is 3.03. The van der Waals surface area contributed by atoms with Gasteiger partial charge in [-0.2, -0.15) is 4.98 Å². The molecule has 0 bridgehead atoms. The Morgan fingerprint density at radius 2 is 1.87 bits per heavy atom. The largest absolute Gasteiger partial charge is 0.335 e. The summed E-state index contributed by atoms with van der Waals surface area (Å²) in [6, 6.07) is 1.06. The molecule has 0 radical (unpaired) electrons. The number of nitrogens with one attached hydrogen (secondary N) is 1. The van der Waals surface area contributed by atoms with Gasteiger partial charge in [0.15, 0.2) is 5.82 Å². The first kappa shape index (κ1) is 10.5. The van der Waals surface area contributed by atoms with Gasteiger partial charge >= 0.3 is 6.01 Å².